The Morgan fingerprint density at radius 1 is 1.23 bits per heavy atom. The Hall–Kier alpha value is -2.27. The lowest BCUT2D eigenvalue weighted by molar-refractivity contribution is -0.152. The zero-order valence-corrected chi connectivity index (χ0v) is 15.5. The number of likely N-dealkylation sites (tertiary alicyclic amines) is 1. The van der Waals surface area contributed by atoms with Gasteiger partial charge < -0.3 is 9.64 Å². The van der Waals surface area contributed by atoms with E-state index in [1.54, 1.807) is 33.1 Å². The van der Waals surface area contributed by atoms with E-state index in [1.165, 1.54) is 12.1 Å². The number of benzene rings is 1. The molecule has 1 aliphatic rings. The van der Waals surface area contributed by atoms with Gasteiger partial charge in [0.15, 0.2) is 0 Å². The van der Waals surface area contributed by atoms with Crippen LogP contribution in [0.4, 0.5) is 4.39 Å². The van der Waals surface area contributed by atoms with E-state index in [4.69, 9.17) is 4.74 Å². The van der Waals surface area contributed by atoms with Crippen molar-refractivity contribution in [3.8, 4) is 0 Å². The van der Waals surface area contributed by atoms with Gasteiger partial charge in [-0.15, -0.1) is 0 Å². The molecule has 26 heavy (non-hydrogen) atoms. The van der Waals surface area contributed by atoms with Gasteiger partial charge in [0, 0.05) is 19.9 Å². The van der Waals surface area contributed by atoms with Gasteiger partial charge in [0.2, 0.25) is 0 Å². The monoisotopic (exact) mass is 356 g/mol. The molecule has 0 bridgehead atoms. The minimum absolute atomic E-state index is 0.000288. The highest BCUT2D eigenvalue weighted by Crippen LogP contribution is 2.33. The first-order valence-corrected chi connectivity index (χ1v) is 8.96. The van der Waals surface area contributed by atoms with Gasteiger partial charge in [-0.25, -0.2) is 4.39 Å². The highest BCUT2D eigenvalue weighted by molar-refractivity contribution is 5.85. The van der Waals surface area contributed by atoms with E-state index >= 15 is 0 Å². The molecule has 0 aliphatic carbocycles. The van der Waals surface area contributed by atoms with E-state index in [0.717, 1.165) is 36.2 Å². The van der Waals surface area contributed by atoms with Crippen LogP contribution in [0.2, 0.25) is 0 Å². The van der Waals surface area contributed by atoms with Crippen LogP contribution in [0.25, 0.3) is 0 Å². The molecule has 1 fully saturated rings. The first kappa shape index (κ1) is 18.5. The van der Waals surface area contributed by atoms with Crippen molar-refractivity contribution in [2.45, 2.75) is 44.8 Å². The Kier molecular flexibility index (Phi) is 5.37. The van der Waals surface area contributed by atoms with Crippen LogP contribution in [0, 0.1) is 5.82 Å². The number of hydrogen-bond donors (Lipinski definition) is 0. The van der Waals surface area contributed by atoms with Gasteiger partial charge in [-0.3, -0.25) is 9.78 Å². The first-order chi connectivity index (χ1) is 12.4. The van der Waals surface area contributed by atoms with Gasteiger partial charge >= 0.3 is 0 Å². The van der Waals surface area contributed by atoms with Crippen LogP contribution < -0.4 is 0 Å². The minimum Gasteiger partial charge on any atom is -0.369 e. The fourth-order valence-corrected chi connectivity index (χ4v) is 3.33. The Bertz CT molecular complexity index is 757. The number of carbonyl (C=O) groups excluding carboxylic acids is 1. The van der Waals surface area contributed by atoms with Crippen molar-refractivity contribution < 1.29 is 13.9 Å². The Labute approximate surface area is 154 Å². The molecule has 1 amide bonds. The lowest BCUT2D eigenvalue weighted by atomic mass is 10.0. The van der Waals surface area contributed by atoms with Crippen molar-refractivity contribution in [1.29, 1.82) is 0 Å². The molecule has 0 spiro atoms. The molecule has 0 saturated carbocycles. The van der Waals surface area contributed by atoms with Gasteiger partial charge in [0.05, 0.1) is 11.7 Å². The van der Waals surface area contributed by atoms with Crippen LogP contribution in [0.1, 0.15) is 49.6 Å². The van der Waals surface area contributed by atoms with Gasteiger partial charge in [-0.2, -0.15) is 0 Å². The van der Waals surface area contributed by atoms with Crippen LogP contribution in [0.3, 0.4) is 0 Å². The molecule has 0 N–H and O–H groups in total. The van der Waals surface area contributed by atoms with Crippen LogP contribution >= 0.6 is 0 Å². The Morgan fingerprint density at radius 3 is 2.54 bits per heavy atom. The maximum atomic E-state index is 13.0. The summed E-state index contributed by atoms with van der Waals surface area (Å²) < 4.78 is 18.4. The SMILES string of the molecule is COC(C)(C)C(=O)N1CCC[C@H]1c1ccc(Cc2ccc(F)cc2)cn1. The summed E-state index contributed by atoms with van der Waals surface area (Å²) in [6.45, 7) is 4.32. The fourth-order valence-electron chi connectivity index (χ4n) is 3.33. The van der Waals surface area contributed by atoms with Crippen molar-refractivity contribution in [2.75, 3.05) is 13.7 Å². The number of nitrogens with zero attached hydrogens (tertiary/aromatic N) is 2. The number of amides is 1. The van der Waals surface area contributed by atoms with Crippen LogP contribution in [-0.4, -0.2) is 35.0 Å². The molecule has 0 radical (unpaired) electrons. The highest BCUT2D eigenvalue weighted by Gasteiger charge is 2.38. The van der Waals surface area contributed by atoms with Crippen LogP contribution in [0.15, 0.2) is 42.6 Å². The molecular formula is C21H25FN2O2. The molecule has 1 aromatic carbocycles. The van der Waals surface area contributed by atoms with E-state index < -0.39 is 5.60 Å². The summed E-state index contributed by atoms with van der Waals surface area (Å²) in [6, 6.07) is 10.5. The Balaban J connectivity index is 1.73. The minimum atomic E-state index is -0.828. The maximum absolute atomic E-state index is 13.0. The summed E-state index contributed by atoms with van der Waals surface area (Å²) in [4.78, 5) is 19.2. The average molecular weight is 356 g/mol. The zero-order chi connectivity index (χ0) is 18.7. The largest absolute Gasteiger partial charge is 0.369 e. The van der Waals surface area contributed by atoms with Crippen LogP contribution in [0.5, 0.6) is 0 Å². The zero-order valence-electron chi connectivity index (χ0n) is 15.5. The molecule has 138 valence electrons. The summed E-state index contributed by atoms with van der Waals surface area (Å²) in [6.07, 6.45) is 4.43. The molecule has 1 saturated heterocycles. The predicted molar refractivity (Wildman–Crippen MR) is 98.2 cm³/mol. The average Bonchev–Trinajstić information content (AvgIpc) is 3.13. The molecule has 2 aromatic rings. The van der Waals surface area contributed by atoms with E-state index in [-0.39, 0.29) is 17.8 Å². The van der Waals surface area contributed by atoms with Crippen molar-refractivity contribution in [3.05, 3.63) is 65.2 Å². The number of aromatic nitrogens is 1. The quantitative estimate of drug-likeness (QED) is 0.816. The van der Waals surface area contributed by atoms with E-state index in [1.807, 2.05) is 23.2 Å². The molecule has 2 heterocycles. The topological polar surface area (TPSA) is 42.4 Å². The lowest BCUT2D eigenvalue weighted by Crippen LogP contribution is -2.46. The molecule has 1 atom stereocenters. The number of pyridine rings is 1. The number of methoxy groups -OCH3 is 1. The molecule has 5 heteroatoms. The highest BCUT2D eigenvalue weighted by atomic mass is 19.1. The van der Waals surface area contributed by atoms with Gasteiger partial charge in [0.25, 0.3) is 5.91 Å². The summed E-state index contributed by atoms with van der Waals surface area (Å²) in [5.74, 6) is -0.230. The number of halogens is 1. The molecular weight excluding hydrogens is 331 g/mol. The van der Waals surface area contributed by atoms with Crippen LogP contribution in [-0.2, 0) is 16.0 Å². The van der Waals surface area contributed by atoms with Crippen molar-refractivity contribution in [3.63, 3.8) is 0 Å². The number of rotatable bonds is 5. The van der Waals surface area contributed by atoms with E-state index in [2.05, 4.69) is 4.98 Å². The number of ether oxygens (including phenoxy) is 1. The smallest absolute Gasteiger partial charge is 0.254 e. The van der Waals surface area contributed by atoms with Crippen molar-refractivity contribution >= 4 is 5.91 Å². The standard InChI is InChI=1S/C21H25FN2O2/c1-21(2,26-3)20(25)24-12-4-5-19(24)18-11-8-16(14-23-18)13-15-6-9-17(22)10-7-15/h6-11,14,19H,4-5,12-13H2,1-3H3/t19-/m0/s1. The second-order valence-electron chi connectivity index (χ2n) is 7.27. The predicted octanol–water partition coefficient (Wildman–Crippen LogP) is 3.90. The number of carbonyl (C=O) groups is 1. The van der Waals surface area contributed by atoms with Crippen molar-refractivity contribution in [2.24, 2.45) is 0 Å². The molecule has 1 aliphatic heterocycles. The first-order valence-electron chi connectivity index (χ1n) is 8.96. The lowest BCUT2D eigenvalue weighted by Gasteiger charge is -2.32. The summed E-state index contributed by atoms with van der Waals surface area (Å²) in [5.41, 5.74) is 2.19. The Morgan fingerprint density at radius 2 is 1.92 bits per heavy atom. The van der Waals surface area contributed by atoms with E-state index in [9.17, 15) is 9.18 Å². The molecule has 0 unspecified atom stereocenters. The van der Waals surface area contributed by atoms with Gasteiger partial charge in [-0.05, 0) is 62.4 Å². The van der Waals surface area contributed by atoms with Gasteiger partial charge in [0.1, 0.15) is 11.4 Å². The summed E-state index contributed by atoms with van der Waals surface area (Å²) >= 11 is 0. The fraction of sp³-hybridized carbons (Fsp3) is 0.429. The van der Waals surface area contributed by atoms with Crippen molar-refractivity contribution in [1.82, 2.24) is 9.88 Å². The molecule has 3 rings (SSSR count). The molecule has 1 aromatic heterocycles. The third kappa shape index (κ3) is 3.93. The maximum Gasteiger partial charge on any atom is 0.254 e. The van der Waals surface area contributed by atoms with Gasteiger partial charge in [-0.1, -0.05) is 18.2 Å². The number of hydrogen-bond acceptors (Lipinski definition) is 3. The summed E-state index contributed by atoms with van der Waals surface area (Å²) in [7, 11) is 1.56. The second kappa shape index (κ2) is 7.54. The third-order valence-electron chi connectivity index (χ3n) is 5.05. The second-order valence-corrected chi connectivity index (χ2v) is 7.27. The third-order valence-corrected chi connectivity index (χ3v) is 5.05. The normalized spacial score (nSPS) is 17.5. The molecule has 4 nitrogen and oxygen atoms in total. The summed E-state index contributed by atoms with van der Waals surface area (Å²) in [5, 5.41) is 0. The van der Waals surface area contributed by atoms with E-state index in [0.29, 0.717) is 6.42 Å².